The standard InChI is InChI=1S/C13H13NO3/c1-8(15)7-10-9-5-3-4-6-11(9)14(2)12(10)13(16)17/h3-6H,7H2,1-2H3,(H,16,17). The average Bonchev–Trinajstić information content (AvgIpc) is 2.52. The molecule has 0 aliphatic carbocycles. The minimum absolute atomic E-state index is 0.0381. The fourth-order valence-electron chi connectivity index (χ4n) is 2.17. The van der Waals surface area contributed by atoms with Gasteiger partial charge in [0, 0.05) is 24.4 Å². The second-order valence-corrected chi connectivity index (χ2v) is 4.09. The first-order valence-corrected chi connectivity index (χ1v) is 5.31. The number of carbonyl (C=O) groups excluding carboxylic acids is 1. The van der Waals surface area contributed by atoms with Gasteiger partial charge in [0.25, 0.3) is 0 Å². The highest BCUT2D eigenvalue weighted by Gasteiger charge is 2.20. The van der Waals surface area contributed by atoms with E-state index in [-0.39, 0.29) is 17.9 Å². The minimum atomic E-state index is -1.00. The molecule has 4 heteroatoms. The Morgan fingerprint density at radius 1 is 1.29 bits per heavy atom. The summed E-state index contributed by atoms with van der Waals surface area (Å²) in [5.41, 5.74) is 1.63. The van der Waals surface area contributed by atoms with Crippen molar-refractivity contribution in [1.82, 2.24) is 4.57 Å². The van der Waals surface area contributed by atoms with E-state index in [0.717, 1.165) is 10.9 Å². The molecule has 2 rings (SSSR count). The quantitative estimate of drug-likeness (QED) is 0.879. The Hall–Kier alpha value is -2.10. The molecule has 1 N–H and O–H groups in total. The van der Waals surface area contributed by atoms with Gasteiger partial charge in [-0.15, -0.1) is 0 Å². The lowest BCUT2D eigenvalue weighted by atomic mass is 10.1. The molecule has 1 aromatic carbocycles. The number of Topliss-reactive ketones (excluding diaryl/α,β-unsaturated/α-hetero) is 1. The first kappa shape index (κ1) is 11.4. The van der Waals surface area contributed by atoms with Crippen molar-refractivity contribution in [3.63, 3.8) is 0 Å². The molecule has 0 amide bonds. The molecule has 4 nitrogen and oxygen atoms in total. The fraction of sp³-hybridized carbons (Fsp3) is 0.231. The first-order valence-electron chi connectivity index (χ1n) is 5.31. The van der Waals surface area contributed by atoms with Gasteiger partial charge < -0.3 is 9.67 Å². The van der Waals surface area contributed by atoms with Crippen molar-refractivity contribution < 1.29 is 14.7 Å². The summed E-state index contributed by atoms with van der Waals surface area (Å²) in [5.74, 6) is -1.04. The van der Waals surface area contributed by atoms with E-state index in [4.69, 9.17) is 0 Å². The lowest BCUT2D eigenvalue weighted by Crippen LogP contribution is -2.09. The second kappa shape index (κ2) is 4.05. The highest BCUT2D eigenvalue weighted by atomic mass is 16.4. The molecule has 0 spiro atoms. The van der Waals surface area contributed by atoms with Crippen molar-refractivity contribution in [3.05, 3.63) is 35.5 Å². The van der Waals surface area contributed by atoms with Crippen molar-refractivity contribution in [2.75, 3.05) is 0 Å². The Labute approximate surface area is 98.5 Å². The van der Waals surface area contributed by atoms with Crippen LogP contribution >= 0.6 is 0 Å². The molecular weight excluding hydrogens is 218 g/mol. The summed E-state index contributed by atoms with van der Waals surface area (Å²) in [7, 11) is 1.70. The van der Waals surface area contributed by atoms with Crippen LogP contribution in [0.1, 0.15) is 23.0 Å². The predicted octanol–water partition coefficient (Wildman–Crippen LogP) is 2.01. The van der Waals surface area contributed by atoms with Crippen LogP contribution < -0.4 is 0 Å². The van der Waals surface area contributed by atoms with Crippen LogP contribution in [0.5, 0.6) is 0 Å². The van der Waals surface area contributed by atoms with Crippen LogP contribution in [-0.2, 0) is 18.3 Å². The lowest BCUT2D eigenvalue weighted by molar-refractivity contribution is -0.116. The summed E-state index contributed by atoms with van der Waals surface area (Å²) in [6, 6.07) is 7.40. The van der Waals surface area contributed by atoms with Gasteiger partial charge in [0.2, 0.25) is 0 Å². The van der Waals surface area contributed by atoms with Crippen LogP contribution in [0.3, 0.4) is 0 Å². The minimum Gasteiger partial charge on any atom is -0.477 e. The van der Waals surface area contributed by atoms with Crippen LogP contribution in [0.25, 0.3) is 10.9 Å². The van der Waals surface area contributed by atoms with Crippen LogP contribution in [0.15, 0.2) is 24.3 Å². The zero-order valence-electron chi connectivity index (χ0n) is 9.73. The van der Waals surface area contributed by atoms with Gasteiger partial charge in [0.1, 0.15) is 11.5 Å². The number of hydrogen-bond donors (Lipinski definition) is 1. The monoisotopic (exact) mass is 231 g/mol. The lowest BCUT2D eigenvalue weighted by Gasteiger charge is -2.00. The molecule has 0 bridgehead atoms. The Morgan fingerprint density at radius 3 is 2.53 bits per heavy atom. The van der Waals surface area contributed by atoms with Gasteiger partial charge in [-0.25, -0.2) is 4.79 Å². The number of aryl methyl sites for hydroxylation is 1. The molecule has 0 atom stereocenters. The second-order valence-electron chi connectivity index (χ2n) is 4.09. The van der Waals surface area contributed by atoms with Gasteiger partial charge in [-0.3, -0.25) is 4.79 Å². The maximum Gasteiger partial charge on any atom is 0.352 e. The van der Waals surface area contributed by atoms with Crippen LogP contribution in [0.4, 0.5) is 0 Å². The number of carboxylic acid groups (broad SMARTS) is 1. The van der Waals surface area contributed by atoms with Crippen LogP contribution in [-0.4, -0.2) is 21.4 Å². The number of para-hydroxylation sites is 1. The predicted molar refractivity (Wildman–Crippen MR) is 64.3 cm³/mol. The molecule has 2 aromatic rings. The molecule has 1 aromatic heterocycles. The summed E-state index contributed by atoms with van der Waals surface area (Å²) < 4.78 is 1.62. The molecular formula is C13H13NO3. The number of hydrogen-bond acceptors (Lipinski definition) is 2. The van der Waals surface area contributed by atoms with Crippen molar-refractivity contribution in [1.29, 1.82) is 0 Å². The van der Waals surface area contributed by atoms with Crippen LogP contribution in [0, 0.1) is 0 Å². The number of carboxylic acids is 1. The molecule has 0 saturated carbocycles. The number of aromatic nitrogens is 1. The Kier molecular flexibility index (Phi) is 2.71. The van der Waals surface area contributed by atoms with E-state index in [9.17, 15) is 14.7 Å². The molecule has 0 radical (unpaired) electrons. The van der Waals surface area contributed by atoms with E-state index >= 15 is 0 Å². The number of ketones is 1. The zero-order chi connectivity index (χ0) is 12.6. The molecule has 88 valence electrons. The van der Waals surface area contributed by atoms with E-state index in [1.54, 1.807) is 11.6 Å². The normalized spacial score (nSPS) is 10.7. The highest BCUT2D eigenvalue weighted by molar-refractivity contribution is 6.00. The van der Waals surface area contributed by atoms with Gasteiger partial charge in [-0.05, 0) is 18.6 Å². The van der Waals surface area contributed by atoms with E-state index in [0.29, 0.717) is 5.56 Å². The SMILES string of the molecule is CC(=O)Cc1c(C(=O)O)n(C)c2ccccc12. The van der Waals surface area contributed by atoms with E-state index in [2.05, 4.69) is 0 Å². The van der Waals surface area contributed by atoms with Gasteiger partial charge in [0.05, 0.1) is 0 Å². The summed E-state index contributed by atoms with van der Waals surface area (Å²) in [5, 5.41) is 10.1. The maximum absolute atomic E-state index is 11.3. The molecule has 0 aliphatic heterocycles. The van der Waals surface area contributed by atoms with Crippen molar-refractivity contribution >= 4 is 22.7 Å². The van der Waals surface area contributed by atoms with Gasteiger partial charge in [-0.1, -0.05) is 18.2 Å². The van der Waals surface area contributed by atoms with E-state index in [1.165, 1.54) is 6.92 Å². The summed E-state index contributed by atoms with van der Waals surface area (Å²) in [6.45, 7) is 1.47. The van der Waals surface area contributed by atoms with Gasteiger partial charge >= 0.3 is 5.97 Å². The summed E-state index contributed by atoms with van der Waals surface area (Å²) >= 11 is 0. The smallest absolute Gasteiger partial charge is 0.352 e. The topological polar surface area (TPSA) is 59.3 Å². The molecule has 0 aliphatic rings. The van der Waals surface area contributed by atoms with Crippen molar-refractivity contribution in [2.24, 2.45) is 7.05 Å². The molecule has 0 fully saturated rings. The third-order valence-corrected chi connectivity index (χ3v) is 2.84. The average molecular weight is 231 g/mol. The molecule has 0 unspecified atom stereocenters. The highest BCUT2D eigenvalue weighted by Crippen LogP contribution is 2.25. The van der Waals surface area contributed by atoms with E-state index in [1.807, 2.05) is 24.3 Å². The maximum atomic E-state index is 11.3. The van der Waals surface area contributed by atoms with Gasteiger partial charge in [0.15, 0.2) is 0 Å². The summed E-state index contributed by atoms with van der Waals surface area (Å²) in [6.07, 6.45) is 0.156. The number of carbonyl (C=O) groups is 2. The van der Waals surface area contributed by atoms with Crippen molar-refractivity contribution in [3.8, 4) is 0 Å². The Balaban J connectivity index is 2.80. The zero-order valence-corrected chi connectivity index (χ0v) is 9.73. The number of rotatable bonds is 3. The Morgan fingerprint density at radius 2 is 1.94 bits per heavy atom. The molecule has 17 heavy (non-hydrogen) atoms. The summed E-state index contributed by atoms with van der Waals surface area (Å²) in [4.78, 5) is 22.5. The fourth-order valence-corrected chi connectivity index (χ4v) is 2.17. The van der Waals surface area contributed by atoms with Crippen LogP contribution in [0.2, 0.25) is 0 Å². The molecule has 0 saturated heterocycles. The third-order valence-electron chi connectivity index (χ3n) is 2.84. The third kappa shape index (κ3) is 1.82. The van der Waals surface area contributed by atoms with E-state index < -0.39 is 5.97 Å². The Bertz CT molecular complexity index is 610. The largest absolute Gasteiger partial charge is 0.477 e. The van der Waals surface area contributed by atoms with Gasteiger partial charge in [-0.2, -0.15) is 0 Å². The number of nitrogens with zero attached hydrogens (tertiary/aromatic N) is 1. The van der Waals surface area contributed by atoms with Crippen molar-refractivity contribution in [2.45, 2.75) is 13.3 Å². The number of aromatic carboxylic acids is 1. The molecule has 1 heterocycles. The number of benzene rings is 1. The number of fused-ring (bicyclic) bond motifs is 1. The first-order chi connectivity index (χ1) is 8.02.